The van der Waals surface area contributed by atoms with E-state index < -0.39 is 12.1 Å². The molecule has 6 nitrogen and oxygen atoms in total. The number of aromatic nitrogens is 2. The van der Waals surface area contributed by atoms with Crippen LogP contribution in [0.4, 0.5) is 10.3 Å². The Bertz CT molecular complexity index is 820. The van der Waals surface area contributed by atoms with Gasteiger partial charge >= 0.3 is 0 Å². The molecule has 0 bridgehead atoms. The Balaban J connectivity index is 2.03. The molecule has 0 spiro atoms. The van der Waals surface area contributed by atoms with Gasteiger partial charge < -0.3 is 14.8 Å². The van der Waals surface area contributed by atoms with Gasteiger partial charge in [-0.15, -0.1) is 0 Å². The molecule has 142 valence electrons. The van der Waals surface area contributed by atoms with Crippen LogP contribution >= 0.6 is 0 Å². The maximum Gasteiger partial charge on any atom is 0.227 e. The second-order valence-electron chi connectivity index (χ2n) is 8.27. The monoisotopic (exact) mass is 363 g/mol. The van der Waals surface area contributed by atoms with E-state index in [-0.39, 0.29) is 29.3 Å². The van der Waals surface area contributed by atoms with Gasteiger partial charge in [0.25, 0.3) is 0 Å². The second-order valence-corrected chi connectivity index (χ2v) is 8.27. The van der Waals surface area contributed by atoms with Gasteiger partial charge in [-0.3, -0.25) is 10.1 Å². The lowest BCUT2D eigenvalue weighted by atomic mass is 9.92. The summed E-state index contributed by atoms with van der Waals surface area (Å²) >= 11 is 0. The number of carbonyl (C=O) groups is 1. The standard InChI is InChI=1S/C19H26FN3O3/c1-19(2,3)10-14(24)22-18-21-13-8-7-11(9-15(25)26)16(20)17(13)23(18)12-5-4-6-12/h7-8,12,15,25-26H,4-6,9-10H2,1-3H3,(H,21,22,24). The summed E-state index contributed by atoms with van der Waals surface area (Å²) < 4.78 is 16.8. The first-order valence-corrected chi connectivity index (χ1v) is 9.01. The van der Waals surface area contributed by atoms with E-state index in [9.17, 15) is 15.0 Å². The minimum atomic E-state index is -1.62. The summed E-state index contributed by atoms with van der Waals surface area (Å²) in [5.41, 5.74) is 0.837. The van der Waals surface area contributed by atoms with E-state index in [0.717, 1.165) is 19.3 Å². The minimum Gasteiger partial charge on any atom is -0.368 e. The number of carbonyl (C=O) groups excluding carboxylic acids is 1. The van der Waals surface area contributed by atoms with Crippen molar-refractivity contribution in [2.24, 2.45) is 5.41 Å². The Hall–Kier alpha value is -1.99. The number of rotatable bonds is 5. The van der Waals surface area contributed by atoms with E-state index in [1.807, 2.05) is 20.8 Å². The molecule has 1 aliphatic carbocycles. The SMILES string of the molecule is CC(C)(C)CC(=O)Nc1nc2ccc(CC(O)O)c(F)c2n1C1CCC1. The van der Waals surface area contributed by atoms with Crippen LogP contribution in [-0.4, -0.2) is 32.0 Å². The molecule has 3 N–H and O–H groups in total. The molecule has 0 unspecified atom stereocenters. The zero-order chi connectivity index (χ0) is 19.1. The number of amides is 1. The number of hydrogen-bond acceptors (Lipinski definition) is 4. The van der Waals surface area contributed by atoms with Crippen molar-refractivity contribution >= 4 is 22.9 Å². The number of aliphatic hydroxyl groups is 2. The van der Waals surface area contributed by atoms with Crippen LogP contribution in [0.5, 0.6) is 0 Å². The lowest BCUT2D eigenvalue weighted by Crippen LogP contribution is -2.25. The Labute approximate surface area is 152 Å². The number of fused-ring (bicyclic) bond motifs is 1. The van der Waals surface area contributed by atoms with Crippen molar-refractivity contribution in [1.82, 2.24) is 9.55 Å². The van der Waals surface area contributed by atoms with Crippen LogP contribution in [0.1, 0.15) is 58.1 Å². The summed E-state index contributed by atoms with van der Waals surface area (Å²) in [6.07, 6.45) is 1.39. The molecular formula is C19H26FN3O3. The number of benzene rings is 1. The largest absolute Gasteiger partial charge is 0.368 e. The third-order valence-electron chi connectivity index (χ3n) is 4.65. The van der Waals surface area contributed by atoms with Crippen molar-refractivity contribution in [3.8, 4) is 0 Å². The summed E-state index contributed by atoms with van der Waals surface area (Å²) in [5.74, 6) is -0.300. The fourth-order valence-electron chi connectivity index (χ4n) is 3.28. The van der Waals surface area contributed by atoms with Gasteiger partial charge in [0.15, 0.2) is 12.1 Å². The summed E-state index contributed by atoms with van der Waals surface area (Å²) in [6.45, 7) is 5.94. The van der Waals surface area contributed by atoms with Crippen LogP contribution in [0, 0.1) is 11.2 Å². The molecule has 0 aliphatic heterocycles. The minimum absolute atomic E-state index is 0.0914. The molecule has 1 saturated carbocycles. The van der Waals surface area contributed by atoms with Crippen molar-refractivity contribution in [1.29, 1.82) is 0 Å². The number of hydrogen-bond donors (Lipinski definition) is 3. The molecule has 1 amide bonds. The zero-order valence-electron chi connectivity index (χ0n) is 15.4. The van der Waals surface area contributed by atoms with Crippen LogP contribution in [0.25, 0.3) is 11.0 Å². The Morgan fingerprint density at radius 2 is 2.08 bits per heavy atom. The summed E-state index contributed by atoms with van der Waals surface area (Å²) in [6, 6.07) is 3.26. The molecule has 2 aromatic rings. The van der Waals surface area contributed by atoms with Gasteiger partial charge in [0.2, 0.25) is 11.9 Å². The number of halogens is 1. The van der Waals surface area contributed by atoms with Crippen LogP contribution in [-0.2, 0) is 11.2 Å². The van der Waals surface area contributed by atoms with Gasteiger partial charge in [-0.05, 0) is 36.3 Å². The maximum absolute atomic E-state index is 15.0. The van der Waals surface area contributed by atoms with Crippen LogP contribution in [0.15, 0.2) is 12.1 Å². The average molecular weight is 363 g/mol. The highest BCUT2D eigenvalue weighted by molar-refractivity contribution is 5.92. The first-order valence-electron chi connectivity index (χ1n) is 9.01. The lowest BCUT2D eigenvalue weighted by molar-refractivity contribution is -0.117. The molecule has 0 radical (unpaired) electrons. The number of nitrogens with zero attached hydrogens (tertiary/aromatic N) is 2. The van der Waals surface area contributed by atoms with Gasteiger partial charge in [-0.1, -0.05) is 26.8 Å². The predicted molar refractivity (Wildman–Crippen MR) is 97.2 cm³/mol. The first kappa shape index (κ1) is 18.8. The van der Waals surface area contributed by atoms with Crippen LogP contribution in [0.3, 0.4) is 0 Å². The normalized spacial score (nSPS) is 15.5. The van der Waals surface area contributed by atoms with E-state index in [1.165, 1.54) is 6.07 Å². The van der Waals surface area contributed by atoms with Gasteiger partial charge in [0, 0.05) is 18.9 Å². The van der Waals surface area contributed by atoms with Gasteiger partial charge in [-0.25, -0.2) is 9.37 Å². The fraction of sp³-hybridized carbons (Fsp3) is 0.579. The van der Waals surface area contributed by atoms with E-state index in [0.29, 0.717) is 23.4 Å². The van der Waals surface area contributed by atoms with Gasteiger partial charge in [0.1, 0.15) is 5.52 Å². The van der Waals surface area contributed by atoms with Crippen molar-refractivity contribution in [3.05, 3.63) is 23.5 Å². The summed E-state index contributed by atoms with van der Waals surface area (Å²) in [5, 5.41) is 21.2. The van der Waals surface area contributed by atoms with Crippen molar-refractivity contribution < 1.29 is 19.4 Å². The fourth-order valence-corrected chi connectivity index (χ4v) is 3.28. The lowest BCUT2D eigenvalue weighted by Gasteiger charge is -2.29. The Morgan fingerprint density at radius 3 is 2.62 bits per heavy atom. The molecule has 0 saturated heterocycles. The Morgan fingerprint density at radius 1 is 1.38 bits per heavy atom. The predicted octanol–water partition coefficient (Wildman–Crippen LogP) is 3.13. The molecular weight excluding hydrogens is 337 g/mol. The molecule has 7 heteroatoms. The van der Waals surface area contributed by atoms with Crippen LogP contribution in [0.2, 0.25) is 0 Å². The summed E-state index contributed by atoms with van der Waals surface area (Å²) in [4.78, 5) is 16.8. The van der Waals surface area contributed by atoms with E-state index >= 15 is 4.39 Å². The highest BCUT2D eigenvalue weighted by Gasteiger charge is 2.28. The molecule has 3 rings (SSSR count). The van der Waals surface area contributed by atoms with Crippen molar-refractivity contribution in [2.75, 3.05) is 5.32 Å². The van der Waals surface area contributed by atoms with Gasteiger partial charge in [-0.2, -0.15) is 0 Å². The molecule has 1 aromatic carbocycles. The molecule has 26 heavy (non-hydrogen) atoms. The number of aliphatic hydroxyl groups excluding tert-OH is 1. The van der Waals surface area contributed by atoms with E-state index in [2.05, 4.69) is 10.3 Å². The smallest absolute Gasteiger partial charge is 0.227 e. The number of anilines is 1. The highest BCUT2D eigenvalue weighted by Crippen LogP contribution is 2.38. The molecule has 1 fully saturated rings. The van der Waals surface area contributed by atoms with Gasteiger partial charge in [0.05, 0.1) is 5.52 Å². The highest BCUT2D eigenvalue weighted by atomic mass is 19.1. The van der Waals surface area contributed by atoms with Crippen LogP contribution < -0.4 is 5.32 Å². The van der Waals surface area contributed by atoms with E-state index in [4.69, 9.17) is 0 Å². The van der Waals surface area contributed by atoms with Crippen molar-refractivity contribution in [2.45, 2.75) is 65.2 Å². The third-order valence-corrected chi connectivity index (χ3v) is 4.65. The Kier molecular flexibility index (Phi) is 5.03. The molecule has 0 atom stereocenters. The van der Waals surface area contributed by atoms with Crippen molar-refractivity contribution in [3.63, 3.8) is 0 Å². The number of nitrogens with one attached hydrogen (secondary N) is 1. The third kappa shape index (κ3) is 3.88. The topological polar surface area (TPSA) is 87.4 Å². The summed E-state index contributed by atoms with van der Waals surface area (Å²) in [7, 11) is 0. The number of imidazole rings is 1. The second kappa shape index (κ2) is 6.96. The molecule has 1 aliphatic rings. The van der Waals surface area contributed by atoms with E-state index in [1.54, 1.807) is 10.6 Å². The molecule has 1 aromatic heterocycles. The maximum atomic E-state index is 15.0. The average Bonchev–Trinajstić information content (AvgIpc) is 2.77. The quantitative estimate of drug-likeness (QED) is 0.712. The molecule has 1 heterocycles. The zero-order valence-corrected chi connectivity index (χ0v) is 15.4. The first-order chi connectivity index (χ1) is 12.2.